The van der Waals surface area contributed by atoms with Gasteiger partial charge < -0.3 is 36.2 Å². The summed E-state index contributed by atoms with van der Waals surface area (Å²) in [7, 11) is -3.60. The van der Waals surface area contributed by atoms with Gasteiger partial charge in [-0.1, -0.05) is 25.3 Å². The van der Waals surface area contributed by atoms with Crippen molar-refractivity contribution in [1.29, 1.82) is 0 Å². The van der Waals surface area contributed by atoms with Gasteiger partial charge in [0.25, 0.3) is 5.91 Å². The molecular weight excluding hydrogens is 656 g/mol. The van der Waals surface area contributed by atoms with Crippen molar-refractivity contribution in [3.05, 3.63) is 12.7 Å². The van der Waals surface area contributed by atoms with Crippen LogP contribution in [-0.4, -0.2) is 109 Å². The van der Waals surface area contributed by atoms with E-state index < -0.39 is 73.9 Å². The van der Waals surface area contributed by atoms with Crippen LogP contribution in [0.1, 0.15) is 97.8 Å². The molecule has 0 aromatic carbocycles. The Hall–Kier alpha value is -3.69. The molecule has 3 atom stereocenters. The molecule has 3 rings (SSSR count). The van der Waals surface area contributed by atoms with Gasteiger partial charge in [-0.25, -0.2) is 18.0 Å². The van der Waals surface area contributed by atoms with E-state index in [0.717, 1.165) is 19.3 Å². The Kier molecular flexibility index (Phi) is 14.4. The van der Waals surface area contributed by atoms with E-state index in [-0.39, 0.29) is 51.3 Å². The third-order valence-corrected chi connectivity index (χ3v) is 12.2. The number of ketones is 1. The number of Topliss-reactive ketones (excluding diaryl/α,β-unsaturated/α-hetero) is 1. The summed E-state index contributed by atoms with van der Waals surface area (Å²) in [4.78, 5) is 80.3. The van der Waals surface area contributed by atoms with Gasteiger partial charge in [0.2, 0.25) is 17.6 Å². The van der Waals surface area contributed by atoms with Crippen molar-refractivity contribution in [2.24, 2.45) is 0 Å². The molecule has 3 fully saturated rings. The fourth-order valence-electron chi connectivity index (χ4n) is 6.42. The quantitative estimate of drug-likeness (QED) is 0.183. The lowest BCUT2D eigenvalue weighted by Crippen LogP contribution is -2.61. The summed E-state index contributed by atoms with van der Waals surface area (Å²) in [6, 6.07) is -3.93. The van der Waals surface area contributed by atoms with Gasteiger partial charge in [0.05, 0.1) is 28.7 Å². The zero-order valence-electron chi connectivity index (χ0n) is 29.1. The van der Waals surface area contributed by atoms with E-state index in [4.69, 9.17) is 4.74 Å². The number of amides is 6. The first-order valence-corrected chi connectivity index (χ1v) is 19.0. The summed E-state index contributed by atoms with van der Waals surface area (Å²) >= 11 is 0. The number of rotatable bonds is 8. The highest BCUT2D eigenvalue weighted by atomic mass is 32.2. The van der Waals surface area contributed by atoms with Gasteiger partial charge >= 0.3 is 12.1 Å². The molecule has 15 nitrogen and oxygen atoms in total. The highest BCUT2D eigenvalue weighted by molar-refractivity contribution is 7.92. The number of alkyl carbamates (subject to hydrolysis) is 1. The van der Waals surface area contributed by atoms with Crippen LogP contribution in [0.4, 0.5) is 9.59 Å². The highest BCUT2D eigenvalue weighted by Gasteiger charge is 2.44. The number of nitrogens with zero attached hydrogens (tertiary/aromatic N) is 1. The number of sulfone groups is 1. The Morgan fingerprint density at radius 2 is 1.71 bits per heavy atom. The van der Waals surface area contributed by atoms with Crippen LogP contribution in [-0.2, 0) is 33.8 Å². The van der Waals surface area contributed by atoms with E-state index in [2.05, 4.69) is 33.2 Å². The molecular formula is C33H54N6O9S. The van der Waals surface area contributed by atoms with E-state index in [1.54, 1.807) is 20.8 Å². The van der Waals surface area contributed by atoms with Gasteiger partial charge in [0.1, 0.15) is 12.1 Å². The number of carbonyl (C=O) groups is 6. The molecule has 0 bridgehead atoms. The fourth-order valence-corrected chi connectivity index (χ4v) is 7.95. The van der Waals surface area contributed by atoms with Crippen molar-refractivity contribution in [1.82, 2.24) is 31.5 Å². The summed E-state index contributed by atoms with van der Waals surface area (Å²) < 4.78 is 30.7. The average molecular weight is 711 g/mol. The lowest BCUT2D eigenvalue weighted by Gasteiger charge is -2.40. The van der Waals surface area contributed by atoms with Crippen LogP contribution in [0.15, 0.2) is 12.7 Å². The smallest absolute Gasteiger partial charge is 0.407 e. The number of hydrogen-bond acceptors (Lipinski definition) is 9. The summed E-state index contributed by atoms with van der Waals surface area (Å²) in [6.07, 6.45) is 6.18. The molecule has 0 unspecified atom stereocenters. The summed E-state index contributed by atoms with van der Waals surface area (Å²) in [5.41, 5.74) is -1.01. The standard InChI is InChI=1S/C33H54N6O9S/c1-5-18-34-28(42)26(40)23-13-7-10-19-35-31(45)48-21-12-14-24(29(43)39-20-11-15-25(39)27(41)36-23)37-30(44)38-33(16-8-6-9-17-33)22-49(46,47)32(2,3)4/h5,23-25H,1,6-22H2,2-4H3,(H,34,42)(H,35,45)(H,36,41)(H2,37,38,44)/t23-,24-,25-/m0/s1. The highest BCUT2D eigenvalue weighted by Crippen LogP contribution is 2.32. The molecule has 0 aromatic rings. The van der Waals surface area contributed by atoms with Crippen molar-refractivity contribution in [3.63, 3.8) is 0 Å². The number of urea groups is 1. The number of nitrogens with one attached hydrogen (secondary N) is 5. The third kappa shape index (κ3) is 11.4. The molecule has 2 heterocycles. The number of fused-ring (bicyclic) bond motifs is 1. The zero-order valence-corrected chi connectivity index (χ0v) is 29.9. The van der Waals surface area contributed by atoms with Crippen LogP contribution in [0.3, 0.4) is 0 Å². The molecule has 276 valence electrons. The van der Waals surface area contributed by atoms with Gasteiger partial charge in [-0.2, -0.15) is 0 Å². The van der Waals surface area contributed by atoms with Gasteiger partial charge in [-0.15, -0.1) is 6.58 Å². The van der Waals surface area contributed by atoms with E-state index in [9.17, 15) is 37.2 Å². The summed E-state index contributed by atoms with van der Waals surface area (Å²) in [5, 5.41) is 13.4. The minimum absolute atomic E-state index is 0.0347. The molecule has 5 N–H and O–H groups in total. The van der Waals surface area contributed by atoms with Crippen LogP contribution in [0.25, 0.3) is 0 Å². The molecule has 2 saturated heterocycles. The first-order chi connectivity index (χ1) is 23.1. The van der Waals surface area contributed by atoms with Crippen LogP contribution in [0.5, 0.6) is 0 Å². The molecule has 6 amide bonds. The largest absolute Gasteiger partial charge is 0.450 e. The van der Waals surface area contributed by atoms with Gasteiger partial charge in [0, 0.05) is 19.6 Å². The minimum atomic E-state index is -3.60. The minimum Gasteiger partial charge on any atom is -0.450 e. The fraction of sp³-hybridized carbons (Fsp3) is 0.758. The van der Waals surface area contributed by atoms with Crippen molar-refractivity contribution in [2.45, 2.75) is 126 Å². The molecule has 1 aliphatic carbocycles. The second-order valence-corrected chi connectivity index (χ2v) is 16.9. The number of carbonyl (C=O) groups excluding carboxylic acids is 6. The second-order valence-electron chi connectivity index (χ2n) is 14.2. The molecule has 1 saturated carbocycles. The Labute approximate surface area is 289 Å². The lowest BCUT2D eigenvalue weighted by atomic mass is 9.83. The molecule has 0 spiro atoms. The van der Waals surface area contributed by atoms with Crippen LogP contribution < -0.4 is 26.6 Å². The molecule has 0 radical (unpaired) electrons. The van der Waals surface area contributed by atoms with Gasteiger partial charge in [-0.3, -0.25) is 19.2 Å². The first-order valence-electron chi connectivity index (χ1n) is 17.3. The van der Waals surface area contributed by atoms with E-state index in [1.165, 1.54) is 11.0 Å². The SMILES string of the molecule is C=CCNC(=O)C(=O)[C@@H]1CCCCNC(=O)OCCC[C@H](NC(=O)NC2(CS(=O)(=O)C(C)(C)C)CCCCC2)C(=O)N2CCC[C@H]2C(=O)N1. The summed E-state index contributed by atoms with van der Waals surface area (Å²) in [6.45, 7) is 8.89. The lowest BCUT2D eigenvalue weighted by molar-refractivity contribution is -0.142. The normalized spacial score (nSPS) is 24.6. The van der Waals surface area contributed by atoms with E-state index in [1.807, 2.05) is 0 Å². The van der Waals surface area contributed by atoms with Gasteiger partial charge in [-0.05, 0) is 78.6 Å². The first kappa shape index (κ1) is 39.7. The van der Waals surface area contributed by atoms with E-state index in [0.29, 0.717) is 38.5 Å². The van der Waals surface area contributed by atoms with Crippen molar-refractivity contribution >= 4 is 45.5 Å². The maximum absolute atomic E-state index is 14.0. The molecule has 3 aliphatic rings. The number of ether oxygens (including phenoxy) is 1. The molecule has 16 heteroatoms. The number of cyclic esters (lactones) is 1. The predicted molar refractivity (Wildman–Crippen MR) is 182 cm³/mol. The van der Waals surface area contributed by atoms with Crippen molar-refractivity contribution < 1.29 is 41.9 Å². The van der Waals surface area contributed by atoms with Crippen LogP contribution in [0.2, 0.25) is 0 Å². The van der Waals surface area contributed by atoms with Gasteiger partial charge in [0.15, 0.2) is 9.84 Å². The van der Waals surface area contributed by atoms with E-state index >= 15 is 0 Å². The Balaban J connectivity index is 1.84. The molecule has 49 heavy (non-hydrogen) atoms. The predicted octanol–water partition coefficient (Wildman–Crippen LogP) is 1.61. The van der Waals surface area contributed by atoms with Crippen LogP contribution >= 0.6 is 0 Å². The van der Waals surface area contributed by atoms with Crippen molar-refractivity contribution in [3.8, 4) is 0 Å². The summed E-state index contributed by atoms with van der Waals surface area (Å²) in [5.74, 6) is -3.07. The van der Waals surface area contributed by atoms with Crippen LogP contribution in [0, 0.1) is 0 Å². The average Bonchev–Trinajstić information content (AvgIpc) is 3.53. The molecule has 0 aromatic heterocycles. The third-order valence-electron chi connectivity index (χ3n) is 9.35. The topological polar surface area (TPSA) is 209 Å². The number of hydrogen-bond donors (Lipinski definition) is 5. The zero-order chi connectivity index (χ0) is 36.2. The maximum atomic E-state index is 14.0. The monoisotopic (exact) mass is 710 g/mol. The Morgan fingerprint density at radius 3 is 2.39 bits per heavy atom. The maximum Gasteiger partial charge on any atom is 0.407 e. The Bertz CT molecular complexity index is 1340. The Morgan fingerprint density at radius 1 is 1.00 bits per heavy atom. The van der Waals surface area contributed by atoms with Crippen molar-refractivity contribution in [2.75, 3.05) is 32.0 Å². The second kappa shape index (κ2) is 17.8. The molecule has 2 aliphatic heterocycles.